The Morgan fingerprint density at radius 2 is 2.28 bits per heavy atom. The fourth-order valence-electron chi connectivity index (χ4n) is 1.96. The Kier molecular flexibility index (Phi) is 5.05. The van der Waals surface area contributed by atoms with Gasteiger partial charge in [-0.2, -0.15) is 0 Å². The van der Waals surface area contributed by atoms with E-state index in [1.807, 2.05) is 12.1 Å². The summed E-state index contributed by atoms with van der Waals surface area (Å²) in [4.78, 5) is 4.52. The fraction of sp³-hybridized carbons (Fsp3) is 0.500. The van der Waals surface area contributed by atoms with Crippen LogP contribution in [0, 0.1) is 5.82 Å². The number of benzene rings is 1. The van der Waals surface area contributed by atoms with Gasteiger partial charge in [0.05, 0.1) is 0 Å². The monoisotopic (exact) mass is 266 g/mol. The van der Waals surface area contributed by atoms with E-state index in [0.29, 0.717) is 19.0 Å². The van der Waals surface area contributed by atoms with Crippen molar-refractivity contribution in [2.24, 2.45) is 4.99 Å². The third-order valence-electron chi connectivity index (χ3n) is 3.12. The molecule has 4 heteroatoms. The highest BCUT2D eigenvalue weighted by Crippen LogP contribution is 2.16. The SMILES string of the molecule is CCC1CCSC(=NCCc2ccccc2F)N1. The first-order chi connectivity index (χ1) is 8.79. The third-order valence-corrected chi connectivity index (χ3v) is 4.08. The number of amidine groups is 1. The molecule has 1 fully saturated rings. The van der Waals surface area contributed by atoms with Crippen LogP contribution < -0.4 is 5.32 Å². The molecule has 18 heavy (non-hydrogen) atoms. The summed E-state index contributed by atoms with van der Waals surface area (Å²) in [7, 11) is 0. The van der Waals surface area contributed by atoms with Crippen molar-refractivity contribution in [3.05, 3.63) is 35.6 Å². The zero-order valence-electron chi connectivity index (χ0n) is 10.7. The molecule has 1 heterocycles. The maximum atomic E-state index is 13.4. The van der Waals surface area contributed by atoms with Crippen LogP contribution in [0.15, 0.2) is 29.3 Å². The molecule has 1 aromatic carbocycles. The topological polar surface area (TPSA) is 24.4 Å². The van der Waals surface area contributed by atoms with Gasteiger partial charge < -0.3 is 5.32 Å². The highest BCUT2D eigenvalue weighted by atomic mass is 32.2. The average Bonchev–Trinajstić information content (AvgIpc) is 2.41. The number of halogens is 1. The Morgan fingerprint density at radius 1 is 1.44 bits per heavy atom. The van der Waals surface area contributed by atoms with Gasteiger partial charge in [-0.15, -0.1) is 0 Å². The molecule has 2 rings (SSSR count). The minimum Gasteiger partial charge on any atom is -0.362 e. The minimum absolute atomic E-state index is 0.131. The van der Waals surface area contributed by atoms with E-state index in [2.05, 4.69) is 17.2 Å². The van der Waals surface area contributed by atoms with Gasteiger partial charge in [-0.25, -0.2) is 4.39 Å². The van der Waals surface area contributed by atoms with Gasteiger partial charge in [-0.05, 0) is 30.9 Å². The van der Waals surface area contributed by atoms with Crippen molar-refractivity contribution in [3.63, 3.8) is 0 Å². The van der Waals surface area contributed by atoms with Crippen LogP contribution in [-0.2, 0) is 6.42 Å². The standard InChI is InChI=1S/C14H19FN2S/c1-2-12-8-10-18-14(17-12)16-9-7-11-5-3-4-6-13(11)15/h3-6,12H,2,7-10H2,1H3,(H,16,17). The Hall–Kier alpha value is -1.03. The third kappa shape index (κ3) is 3.73. The van der Waals surface area contributed by atoms with E-state index in [4.69, 9.17) is 0 Å². The van der Waals surface area contributed by atoms with Gasteiger partial charge in [0, 0.05) is 18.3 Å². The van der Waals surface area contributed by atoms with Gasteiger partial charge in [0.25, 0.3) is 0 Å². The molecule has 1 saturated heterocycles. The average molecular weight is 266 g/mol. The quantitative estimate of drug-likeness (QED) is 0.905. The largest absolute Gasteiger partial charge is 0.362 e. The number of aliphatic imine (C=N–C) groups is 1. The molecule has 98 valence electrons. The summed E-state index contributed by atoms with van der Waals surface area (Å²) in [5.41, 5.74) is 0.745. The molecule has 0 bridgehead atoms. The van der Waals surface area contributed by atoms with Crippen molar-refractivity contribution >= 4 is 16.9 Å². The van der Waals surface area contributed by atoms with Crippen molar-refractivity contribution in [2.75, 3.05) is 12.3 Å². The molecule has 0 saturated carbocycles. The van der Waals surface area contributed by atoms with Gasteiger partial charge in [0.2, 0.25) is 0 Å². The lowest BCUT2D eigenvalue weighted by atomic mass is 10.1. The van der Waals surface area contributed by atoms with Crippen LogP contribution in [0.2, 0.25) is 0 Å². The summed E-state index contributed by atoms with van der Waals surface area (Å²) in [6.07, 6.45) is 3.00. The molecule has 0 aliphatic carbocycles. The predicted molar refractivity (Wildman–Crippen MR) is 76.7 cm³/mol. The molecule has 2 nitrogen and oxygen atoms in total. The maximum Gasteiger partial charge on any atom is 0.156 e. The molecular formula is C14H19FN2S. The first kappa shape index (κ1) is 13.4. The Morgan fingerprint density at radius 3 is 3.06 bits per heavy atom. The predicted octanol–water partition coefficient (Wildman–Crippen LogP) is 3.23. The number of thioether (sulfide) groups is 1. The number of nitrogens with zero attached hydrogens (tertiary/aromatic N) is 1. The molecule has 1 aromatic rings. The van der Waals surface area contributed by atoms with Crippen LogP contribution >= 0.6 is 11.8 Å². The summed E-state index contributed by atoms with van der Waals surface area (Å²) in [5, 5.41) is 4.44. The second kappa shape index (κ2) is 6.78. The number of nitrogens with one attached hydrogen (secondary N) is 1. The van der Waals surface area contributed by atoms with Crippen LogP contribution in [0.5, 0.6) is 0 Å². The summed E-state index contributed by atoms with van der Waals surface area (Å²) in [6.45, 7) is 2.83. The Bertz CT molecular complexity index is 420. The lowest BCUT2D eigenvalue weighted by Gasteiger charge is -2.24. The second-order valence-corrected chi connectivity index (χ2v) is 5.50. The number of rotatable bonds is 4. The molecule has 0 spiro atoms. The molecule has 1 atom stereocenters. The van der Waals surface area contributed by atoms with Crippen molar-refractivity contribution in [3.8, 4) is 0 Å². The van der Waals surface area contributed by atoms with Crippen molar-refractivity contribution < 1.29 is 4.39 Å². The van der Waals surface area contributed by atoms with Gasteiger partial charge in [0.1, 0.15) is 5.82 Å². The summed E-state index contributed by atoms with van der Waals surface area (Å²) in [5.74, 6) is 0.998. The molecule has 0 aromatic heterocycles. The molecule has 0 radical (unpaired) electrons. The molecule has 1 aliphatic heterocycles. The highest BCUT2D eigenvalue weighted by Gasteiger charge is 2.15. The van der Waals surface area contributed by atoms with E-state index < -0.39 is 0 Å². The normalized spacial score (nSPS) is 21.9. The van der Waals surface area contributed by atoms with Gasteiger partial charge >= 0.3 is 0 Å². The lowest BCUT2D eigenvalue weighted by molar-refractivity contribution is 0.570. The molecule has 1 aliphatic rings. The fourth-order valence-corrected chi connectivity index (χ4v) is 2.99. The highest BCUT2D eigenvalue weighted by molar-refractivity contribution is 8.13. The Balaban J connectivity index is 1.86. The van der Waals surface area contributed by atoms with E-state index in [1.54, 1.807) is 17.8 Å². The van der Waals surface area contributed by atoms with E-state index in [0.717, 1.165) is 22.9 Å². The summed E-state index contributed by atoms with van der Waals surface area (Å²) >= 11 is 1.77. The molecule has 0 amide bonds. The second-order valence-electron chi connectivity index (χ2n) is 4.41. The van der Waals surface area contributed by atoms with E-state index in [1.165, 1.54) is 12.5 Å². The zero-order chi connectivity index (χ0) is 12.8. The van der Waals surface area contributed by atoms with Crippen LogP contribution in [0.25, 0.3) is 0 Å². The Labute approximate surface area is 112 Å². The first-order valence-corrected chi connectivity index (χ1v) is 7.45. The van der Waals surface area contributed by atoms with Crippen LogP contribution in [0.4, 0.5) is 4.39 Å². The van der Waals surface area contributed by atoms with Gasteiger partial charge in [-0.3, -0.25) is 4.99 Å². The molecule has 1 unspecified atom stereocenters. The van der Waals surface area contributed by atoms with E-state index in [-0.39, 0.29) is 5.82 Å². The lowest BCUT2D eigenvalue weighted by Crippen LogP contribution is -2.37. The zero-order valence-corrected chi connectivity index (χ0v) is 11.5. The van der Waals surface area contributed by atoms with Gasteiger partial charge in [-0.1, -0.05) is 36.9 Å². The van der Waals surface area contributed by atoms with Crippen LogP contribution in [0.3, 0.4) is 0 Å². The summed E-state index contributed by atoms with van der Waals surface area (Å²) in [6, 6.07) is 7.47. The number of hydrogen-bond donors (Lipinski definition) is 1. The smallest absolute Gasteiger partial charge is 0.156 e. The number of hydrogen-bond acceptors (Lipinski definition) is 2. The van der Waals surface area contributed by atoms with Crippen molar-refractivity contribution in [1.82, 2.24) is 5.32 Å². The van der Waals surface area contributed by atoms with Crippen LogP contribution in [0.1, 0.15) is 25.3 Å². The summed E-state index contributed by atoms with van der Waals surface area (Å²) < 4.78 is 13.4. The van der Waals surface area contributed by atoms with E-state index >= 15 is 0 Å². The molecular weight excluding hydrogens is 247 g/mol. The minimum atomic E-state index is -0.131. The van der Waals surface area contributed by atoms with Crippen LogP contribution in [-0.4, -0.2) is 23.5 Å². The van der Waals surface area contributed by atoms with Crippen molar-refractivity contribution in [1.29, 1.82) is 0 Å². The maximum absolute atomic E-state index is 13.4. The van der Waals surface area contributed by atoms with Gasteiger partial charge in [0.15, 0.2) is 5.17 Å². The molecule has 1 N–H and O–H groups in total. The first-order valence-electron chi connectivity index (χ1n) is 6.46. The van der Waals surface area contributed by atoms with Crippen molar-refractivity contribution in [2.45, 2.75) is 32.2 Å². The van der Waals surface area contributed by atoms with E-state index in [9.17, 15) is 4.39 Å².